The fourth-order valence-corrected chi connectivity index (χ4v) is 2.40. The Bertz CT molecular complexity index is 817. The molecule has 24 heavy (non-hydrogen) atoms. The molecule has 0 fully saturated rings. The quantitative estimate of drug-likeness (QED) is 0.674. The van der Waals surface area contributed by atoms with Gasteiger partial charge >= 0.3 is 0 Å². The Balaban J connectivity index is 1.79. The maximum atomic E-state index is 12.2. The molecule has 0 radical (unpaired) electrons. The number of aliphatic hydroxyl groups is 1. The molecule has 0 spiro atoms. The van der Waals surface area contributed by atoms with Gasteiger partial charge in [0.25, 0.3) is 5.91 Å². The molecule has 0 saturated carbocycles. The van der Waals surface area contributed by atoms with Gasteiger partial charge in [-0.3, -0.25) is 9.89 Å². The zero-order valence-corrected chi connectivity index (χ0v) is 13.1. The van der Waals surface area contributed by atoms with E-state index in [0.29, 0.717) is 17.0 Å². The third kappa shape index (κ3) is 3.28. The first kappa shape index (κ1) is 15.8. The van der Waals surface area contributed by atoms with E-state index in [1.54, 1.807) is 55.9 Å². The van der Waals surface area contributed by atoms with Crippen LogP contribution in [-0.4, -0.2) is 28.3 Å². The molecule has 0 aliphatic carbocycles. The average molecular weight is 323 g/mol. The highest BCUT2D eigenvalue weighted by Crippen LogP contribution is 2.32. The third-order valence-electron chi connectivity index (χ3n) is 3.64. The second kappa shape index (κ2) is 6.97. The molecule has 1 amide bonds. The Morgan fingerprint density at radius 2 is 2.04 bits per heavy atom. The predicted octanol–water partition coefficient (Wildman–Crippen LogP) is 2.76. The highest BCUT2D eigenvalue weighted by atomic mass is 16.5. The number of carbonyl (C=O) groups excluding carboxylic acids is 1. The lowest BCUT2D eigenvalue weighted by molar-refractivity contribution is -0.124. The van der Waals surface area contributed by atoms with Crippen molar-refractivity contribution in [3.63, 3.8) is 0 Å². The smallest absolute Gasteiger partial charge is 0.257 e. The number of hydrogen-bond donors (Lipinski definition) is 3. The number of H-pyrrole nitrogens is 1. The number of hydrogen-bond acceptors (Lipinski definition) is 4. The number of nitrogens with one attached hydrogen (secondary N) is 2. The van der Waals surface area contributed by atoms with E-state index in [1.165, 1.54) is 0 Å². The maximum absolute atomic E-state index is 12.2. The van der Waals surface area contributed by atoms with E-state index in [-0.39, 0.29) is 0 Å². The minimum Gasteiger partial charge on any atom is -0.496 e. The average Bonchev–Trinajstić information content (AvgIpc) is 3.16. The molecule has 1 atom stereocenters. The van der Waals surface area contributed by atoms with Crippen LogP contribution in [-0.2, 0) is 4.79 Å². The molecule has 3 rings (SSSR count). The Kier molecular flexibility index (Phi) is 4.58. The summed E-state index contributed by atoms with van der Waals surface area (Å²) in [5.74, 6) is 0.0997. The summed E-state index contributed by atoms with van der Waals surface area (Å²) < 4.78 is 5.38. The van der Waals surface area contributed by atoms with E-state index < -0.39 is 12.0 Å². The van der Waals surface area contributed by atoms with Crippen molar-refractivity contribution < 1.29 is 14.6 Å². The fourth-order valence-electron chi connectivity index (χ4n) is 2.40. The first-order valence-corrected chi connectivity index (χ1v) is 7.40. The van der Waals surface area contributed by atoms with Gasteiger partial charge in [-0.1, -0.05) is 30.3 Å². The number of aromatic amines is 1. The SMILES string of the molecule is COc1cc(NC(=O)C(O)c2ccccc2)ccc1-c1cn[nH]c1. The Labute approximate surface area is 139 Å². The topological polar surface area (TPSA) is 87.2 Å². The first-order valence-electron chi connectivity index (χ1n) is 7.40. The number of nitrogens with zero attached hydrogens (tertiary/aromatic N) is 1. The minimum absolute atomic E-state index is 0.501. The van der Waals surface area contributed by atoms with Crippen LogP contribution in [0.2, 0.25) is 0 Å². The van der Waals surface area contributed by atoms with Crippen LogP contribution in [0.15, 0.2) is 60.9 Å². The molecule has 3 aromatic rings. The summed E-state index contributed by atoms with van der Waals surface area (Å²) in [7, 11) is 1.56. The van der Waals surface area contributed by atoms with Crippen LogP contribution in [0, 0.1) is 0 Å². The summed E-state index contributed by atoms with van der Waals surface area (Å²) in [5.41, 5.74) is 2.82. The van der Waals surface area contributed by atoms with E-state index in [2.05, 4.69) is 15.5 Å². The van der Waals surface area contributed by atoms with Crippen molar-refractivity contribution in [2.75, 3.05) is 12.4 Å². The van der Waals surface area contributed by atoms with Crippen LogP contribution >= 0.6 is 0 Å². The number of anilines is 1. The summed E-state index contributed by atoms with van der Waals surface area (Å²) in [5, 5.41) is 19.5. The zero-order chi connectivity index (χ0) is 16.9. The maximum Gasteiger partial charge on any atom is 0.257 e. The number of amides is 1. The molecule has 3 N–H and O–H groups in total. The summed E-state index contributed by atoms with van der Waals surface area (Å²) in [6, 6.07) is 14.1. The van der Waals surface area contributed by atoms with Gasteiger partial charge in [0, 0.05) is 29.1 Å². The van der Waals surface area contributed by atoms with E-state index in [9.17, 15) is 9.90 Å². The highest BCUT2D eigenvalue weighted by molar-refractivity contribution is 5.95. The van der Waals surface area contributed by atoms with Crippen molar-refractivity contribution in [1.29, 1.82) is 0 Å². The number of aromatic nitrogens is 2. The Morgan fingerprint density at radius 3 is 2.71 bits per heavy atom. The van der Waals surface area contributed by atoms with Gasteiger partial charge < -0.3 is 15.2 Å². The lowest BCUT2D eigenvalue weighted by atomic mass is 10.1. The van der Waals surface area contributed by atoms with Crippen LogP contribution in [0.4, 0.5) is 5.69 Å². The molecule has 0 bridgehead atoms. The highest BCUT2D eigenvalue weighted by Gasteiger charge is 2.18. The number of benzene rings is 2. The normalized spacial score (nSPS) is 11.8. The van der Waals surface area contributed by atoms with Crippen molar-refractivity contribution >= 4 is 11.6 Å². The van der Waals surface area contributed by atoms with Gasteiger partial charge in [-0.15, -0.1) is 0 Å². The van der Waals surface area contributed by atoms with Crippen LogP contribution in [0.3, 0.4) is 0 Å². The summed E-state index contributed by atoms with van der Waals surface area (Å²) in [4.78, 5) is 12.2. The molecule has 1 heterocycles. The van der Waals surface area contributed by atoms with Crippen molar-refractivity contribution in [3.8, 4) is 16.9 Å². The molecule has 0 saturated heterocycles. The second-order valence-corrected chi connectivity index (χ2v) is 5.20. The largest absolute Gasteiger partial charge is 0.496 e. The zero-order valence-electron chi connectivity index (χ0n) is 13.1. The van der Waals surface area contributed by atoms with Crippen molar-refractivity contribution in [3.05, 3.63) is 66.5 Å². The molecule has 122 valence electrons. The van der Waals surface area contributed by atoms with E-state index in [4.69, 9.17) is 4.74 Å². The van der Waals surface area contributed by atoms with Gasteiger partial charge in [0.05, 0.1) is 13.3 Å². The monoisotopic (exact) mass is 323 g/mol. The molecular weight excluding hydrogens is 306 g/mol. The first-order chi connectivity index (χ1) is 11.7. The third-order valence-corrected chi connectivity index (χ3v) is 3.64. The standard InChI is InChI=1S/C18H17N3O3/c1-24-16-9-14(7-8-15(16)13-10-19-20-11-13)21-18(23)17(22)12-5-3-2-4-6-12/h2-11,17,22H,1H3,(H,19,20)(H,21,23). The van der Waals surface area contributed by atoms with Gasteiger partial charge in [0.2, 0.25) is 0 Å². The number of rotatable bonds is 5. The molecule has 2 aromatic carbocycles. The van der Waals surface area contributed by atoms with Crippen molar-refractivity contribution in [2.45, 2.75) is 6.10 Å². The van der Waals surface area contributed by atoms with Crippen LogP contribution in [0.5, 0.6) is 5.75 Å². The van der Waals surface area contributed by atoms with E-state index >= 15 is 0 Å². The Hall–Kier alpha value is -3.12. The summed E-state index contributed by atoms with van der Waals surface area (Å²) in [6.45, 7) is 0. The molecule has 0 aliphatic heterocycles. The lowest BCUT2D eigenvalue weighted by Gasteiger charge is -2.13. The van der Waals surface area contributed by atoms with E-state index in [1.807, 2.05) is 12.1 Å². The number of aliphatic hydroxyl groups excluding tert-OH is 1. The summed E-state index contributed by atoms with van der Waals surface area (Å²) in [6.07, 6.45) is 2.22. The minimum atomic E-state index is -1.23. The van der Waals surface area contributed by atoms with Gasteiger partial charge in [0.15, 0.2) is 6.10 Å². The van der Waals surface area contributed by atoms with Gasteiger partial charge in [-0.25, -0.2) is 0 Å². The molecule has 6 nitrogen and oxygen atoms in total. The lowest BCUT2D eigenvalue weighted by Crippen LogP contribution is -2.20. The van der Waals surface area contributed by atoms with Gasteiger partial charge in [-0.2, -0.15) is 5.10 Å². The van der Waals surface area contributed by atoms with Crippen molar-refractivity contribution in [1.82, 2.24) is 10.2 Å². The van der Waals surface area contributed by atoms with Gasteiger partial charge in [-0.05, 0) is 17.7 Å². The van der Waals surface area contributed by atoms with E-state index in [0.717, 1.165) is 11.1 Å². The number of ether oxygens (including phenoxy) is 1. The molecule has 6 heteroatoms. The second-order valence-electron chi connectivity index (χ2n) is 5.20. The van der Waals surface area contributed by atoms with Crippen LogP contribution in [0.1, 0.15) is 11.7 Å². The predicted molar refractivity (Wildman–Crippen MR) is 90.6 cm³/mol. The Morgan fingerprint density at radius 1 is 1.25 bits per heavy atom. The number of carbonyl (C=O) groups is 1. The number of methoxy groups -OCH3 is 1. The molecule has 0 aliphatic rings. The van der Waals surface area contributed by atoms with Crippen LogP contribution < -0.4 is 10.1 Å². The summed E-state index contributed by atoms with van der Waals surface area (Å²) >= 11 is 0. The fraction of sp³-hybridized carbons (Fsp3) is 0.111. The van der Waals surface area contributed by atoms with Crippen LogP contribution in [0.25, 0.3) is 11.1 Å². The molecule has 1 aromatic heterocycles. The molecular formula is C18H17N3O3. The molecule has 1 unspecified atom stereocenters. The van der Waals surface area contributed by atoms with Gasteiger partial charge in [0.1, 0.15) is 5.75 Å². The van der Waals surface area contributed by atoms with Crippen molar-refractivity contribution in [2.24, 2.45) is 0 Å².